The highest BCUT2D eigenvalue weighted by Gasteiger charge is 2.35. The number of halogens is 2. The number of anilines is 1. The first-order valence-corrected chi connectivity index (χ1v) is 8.86. The summed E-state index contributed by atoms with van der Waals surface area (Å²) in [5.74, 6) is 0.551. The molecule has 6 nitrogen and oxygen atoms in total. The third kappa shape index (κ3) is 3.94. The molecule has 1 saturated heterocycles. The molecule has 1 aliphatic rings. The number of H-pyrrole nitrogens is 1. The van der Waals surface area contributed by atoms with E-state index in [-0.39, 0.29) is 18.3 Å². The fourth-order valence-corrected chi connectivity index (χ4v) is 3.28. The largest absolute Gasteiger partial charge is 0.381 e. The van der Waals surface area contributed by atoms with E-state index in [1.807, 2.05) is 42.5 Å². The molecule has 0 radical (unpaired) electrons. The lowest BCUT2D eigenvalue weighted by Gasteiger charge is -2.31. The fraction of sp³-hybridized carbons (Fsp3) is 0.263. The Labute approximate surface area is 167 Å². The molecule has 142 valence electrons. The highest BCUT2D eigenvalue weighted by molar-refractivity contribution is 6.35. The monoisotopic (exact) mass is 406 g/mol. The molecule has 0 bridgehead atoms. The Morgan fingerprint density at radius 3 is 2.56 bits per heavy atom. The standard InChI is InChI=1S/C19H19ClN4O2.ClH/c20-14-2-1-3-15-16(14)24-17(23-15)12-4-6-13(7-5-12)22-18(25)19(21)8-10-26-11-9-19;/h1-7H,8-11,21H2,(H,22,25)(H,23,24);1H. The number of benzene rings is 2. The lowest BCUT2D eigenvalue weighted by Crippen LogP contribution is -2.54. The van der Waals surface area contributed by atoms with Crippen molar-refractivity contribution in [3.63, 3.8) is 0 Å². The molecule has 1 amide bonds. The summed E-state index contributed by atoms with van der Waals surface area (Å²) in [4.78, 5) is 20.3. The van der Waals surface area contributed by atoms with Crippen LogP contribution in [0.5, 0.6) is 0 Å². The van der Waals surface area contributed by atoms with Gasteiger partial charge in [0.25, 0.3) is 0 Å². The number of nitrogens with zero attached hydrogens (tertiary/aromatic N) is 1. The molecule has 4 rings (SSSR count). The highest BCUT2D eigenvalue weighted by Crippen LogP contribution is 2.27. The second kappa shape index (κ2) is 7.86. The molecule has 2 aromatic carbocycles. The molecule has 4 N–H and O–H groups in total. The summed E-state index contributed by atoms with van der Waals surface area (Å²) < 4.78 is 5.28. The number of fused-ring (bicyclic) bond motifs is 1. The van der Waals surface area contributed by atoms with Gasteiger partial charge in [0.1, 0.15) is 16.9 Å². The van der Waals surface area contributed by atoms with Crippen molar-refractivity contribution in [2.24, 2.45) is 5.73 Å². The van der Waals surface area contributed by atoms with Gasteiger partial charge in [0.15, 0.2) is 0 Å². The van der Waals surface area contributed by atoms with Crippen molar-refractivity contribution >= 4 is 46.6 Å². The number of carbonyl (C=O) groups is 1. The normalized spacial score (nSPS) is 15.9. The number of nitrogens with one attached hydrogen (secondary N) is 2. The second-order valence-electron chi connectivity index (χ2n) is 6.52. The SMILES string of the molecule is Cl.NC1(C(=O)Nc2ccc(-c3nc4c(Cl)cccc4[nH]3)cc2)CCOCC1. The van der Waals surface area contributed by atoms with Gasteiger partial charge < -0.3 is 20.8 Å². The predicted molar refractivity (Wildman–Crippen MR) is 109 cm³/mol. The van der Waals surface area contributed by atoms with Crippen molar-refractivity contribution in [3.8, 4) is 11.4 Å². The maximum Gasteiger partial charge on any atom is 0.244 e. The fourth-order valence-electron chi connectivity index (χ4n) is 3.06. The zero-order valence-corrected chi connectivity index (χ0v) is 16.1. The first kappa shape index (κ1) is 19.6. The molecular weight excluding hydrogens is 387 g/mol. The van der Waals surface area contributed by atoms with Crippen LogP contribution in [0.3, 0.4) is 0 Å². The third-order valence-electron chi connectivity index (χ3n) is 4.72. The Morgan fingerprint density at radius 2 is 1.89 bits per heavy atom. The van der Waals surface area contributed by atoms with Crippen molar-refractivity contribution in [2.75, 3.05) is 18.5 Å². The van der Waals surface area contributed by atoms with Gasteiger partial charge in [-0.05, 0) is 49.2 Å². The Morgan fingerprint density at radius 1 is 1.19 bits per heavy atom. The average Bonchev–Trinajstić information content (AvgIpc) is 3.09. The van der Waals surface area contributed by atoms with E-state index in [9.17, 15) is 4.79 Å². The van der Waals surface area contributed by atoms with E-state index >= 15 is 0 Å². The first-order valence-electron chi connectivity index (χ1n) is 8.48. The van der Waals surface area contributed by atoms with E-state index < -0.39 is 5.54 Å². The summed E-state index contributed by atoms with van der Waals surface area (Å²) in [7, 11) is 0. The van der Waals surface area contributed by atoms with Gasteiger partial charge in [-0.25, -0.2) is 4.98 Å². The van der Waals surface area contributed by atoms with Crippen molar-refractivity contribution < 1.29 is 9.53 Å². The average molecular weight is 407 g/mol. The molecular formula is C19H20Cl2N4O2. The minimum atomic E-state index is -0.869. The van der Waals surface area contributed by atoms with Gasteiger partial charge in [-0.3, -0.25) is 4.79 Å². The lowest BCUT2D eigenvalue weighted by molar-refractivity contribution is -0.124. The molecule has 3 aromatic rings. The van der Waals surface area contributed by atoms with Crippen LogP contribution in [-0.4, -0.2) is 34.6 Å². The maximum absolute atomic E-state index is 12.5. The molecule has 1 fully saturated rings. The van der Waals surface area contributed by atoms with E-state index in [1.165, 1.54) is 0 Å². The van der Waals surface area contributed by atoms with Crippen LogP contribution in [-0.2, 0) is 9.53 Å². The summed E-state index contributed by atoms with van der Waals surface area (Å²) in [6.45, 7) is 1.02. The van der Waals surface area contributed by atoms with Gasteiger partial charge in [0.05, 0.1) is 10.5 Å². The van der Waals surface area contributed by atoms with Gasteiger partial charge in [-0.2, -0.15) is 0 Å². The van der Waals surface area contributed by atoms with E-state index in [0.29, 0.717) is 36.8 Å². The van der Waals surface area contributed by atoms with E-state index in [1.54, 1.807) is 0 Å². The Bertz CT molecular complexity index is 950. The molecule has 0 saturated carbocycles. The topological polar surface area (TPSA) is 93.0 Å². The zero-order chi connectivity index (χ0) is 18.1. The van der Waals surface area contributed by atoms with Crippen LogP contribution in [0.4, 0.5) is 5.69 Å². The predicted octanol–water partition coefficient (Wildman–Crippen LogP) is 3.75. The van der Waals surface area contributed by atoms with Crippen LogP contribution < -0.4 is 11.1 Å². The summed E-state index contributed by atoms with van der Waals surface area (Å²) in [6, 6.07) is 13.1. The van der Waals surface area contributed by atoms with Crippen molar-refractivity contribution in [1.29, 1.82) is 0 Å². The smallest absolute Gasteiger partial charge is 0.244 e. The first-order chi connectivity index (χ1) is 12.5. The number of amides is 1. The summed E-state index contributed by atoms with van der Waals surface area (Å²) >= 11 is 6.18. The number of para-hydroxylation sites is 1. The minimum Gasteiger partial charge on any atom is -0.381 e. The second-order valence-corrected chi connectivity index (χ2v) is 6.93. The summed E-state index contributed by atoms with van der Waals surface area (Å²) in [5, 5.41) is 3.51. The Hall–Kier alpha value is -2.12. The van der Waals surface area contributed by atoms with Crippen LogP contribution in [0, 0.1) is 0 Å². The number of rotatable bonds is 3. The Kier molecular flexibility index (Phi) is 5.72. The zero-order valence-electron chi connectivity index (χ0n) is 14.5. The van der Waals surface area contributed by atoms with Gasteiger partial charge in [0, 0.05) is 24.5 Å². The molecule has 1 aliphatic heterocycles. The van der Waals surface area contributed by atoms with Gasteiger partial charge in [0.2, 0.25) is 5.91 Å². The number of ether oxygens (including phenoxy) is 1. The maximum atomic E-state index is 12.5. The third-order valence-corrected chi connectivity index (χ3v) is 5.02. The number of carbonyl (C=O) groups excluding carboxylic acids is 1. The molecule has 1 aromatic heterocycles. The molecule has 2 heterocycles. The van der Waals surface area contributed by atoms with Crippen LogP contribution >= 0.6 is 24.0 Å². The van der Waals surface area contributed by atoms with Gasteiger partial charge >= 0.3 is 0 Å². The number of imidazole rings is 1. The molecule has 0 aliphatic carbocycles. The van der Waals surface area contributed by atoms with Crippen LogP contribution in [0.1, 0.15) is 12.8 Å². The van der Waals surface area contributed by atoms with Crippen molar-refractivity contribution in [2.45, 2.75) is 18.4 Å². The minimum absolute atomic E-state index is 0. The van der Waals surface area contributed by atoms with Crippen molar-refractivity contribution in [1.82, 2.24) is 9.97 Å². The molecule has 27 heavy (non-hydrogen) atoms. The van der Waals surface area contributed by atoms with Crippen LogP contribution in [0.15, 0.2) is 42.5 Å². The quantitative estimate of drug-likeness (QED) is 0.617. The van der Waals surface area contributed by atoms with Gasteiger partial charge in [-0.1, -0.05) is 17.7 Å². The lowest BCUT2D eigenvalue weighted by atomic mass is 9.90. The van der Waals surface area contributed by atoms with Gasteiger partial charge in [-0.15, -0.1) is 12.4 Å². The number of aromatic amines is 1. The molecule has 0 spiro atoms. The number of hydrogen-bond donors (Lipinski definition) is 3. The van der Waals surface area contributed by atoms with Crippen molar-refractivity contribution in [3.05, 3.63) is 47.5 Å². The number of hydrogen-bond acceptors (Lipinski definition) is 4. The number of aromatic nitrogens is 2. The van der Waals surface area contributed by atoms with Crippen LogP contribution in [0.2, 0.25) is 5.02 Å². The van der Waals surface area contributed by atoms with Crippen LogP contribution in [0.25, 0.3) is 22.4 Å². The number of nitrogens with two attached hydrogens (primary N) is 1. The molecule has 8 heteroatoms. The summed E-state index contributed by atoms with van der Waals surface area (Å²) in [6.07, 6.45) is 1.05. The highest BCUT2D eigenvalue weighted by atomic mass is 35.5. The van der Waals surface area contributed by atoms with E-state index in [2.05, 4.69) is 15.3 Å². The van der Waals surface area contributed by atoms with E-state index in [0.717, 1.165) is 22.4 Å². The molecule has 0 unspecified atom stereocenters. The Balaban J connectivity index is 0.00000210. The summed E-state index contributed by atoms with van der Waals surface area (Å²) in [5.41, 5.74) is 8.57. The molecule has 0 atom stereocenters. The van der Waals surface area contributed by atoms with E-state index in [4.69, 9.17) is 22.1 Å².